The van der Waals surface area contributed by atoms with Gasteiger partial charge in [-0.15, -0.1) is 0 Å². The number of hydrogen-bond donors (Lipinski definition) is 0. The normalized spacial score (nSPS) is 37.2. The van der Waals surface area contributed by atoms with Gasteiger partial charge in [-0.1, -0.05) is 19.1 Å². The number of fused-ring (bicyclic) bond motifs is 1. The van der Waals surface area contributed by atoms with Crippen molar-refractivity contribution in [2.24, 2.45) is 11.3 Å². The zero-order valence-electron chi connectivity index (χ0n) is 8.08. The standard InChI is InChI=1S/C11H12O3/c1-11-5-3-2-4-7(11)10(14)8(12)6-9(11)13/h2-3,7H,4-6H2,1H3. The van der Waals surface area contributed by atoms with Crippen LogP contribution in [0.3, 0.4) is 0 Å². The van der Waals surface area contributed by atoms with Gasteiger partial charge in [0, 0.05) is 11.3 Å². The molecule has 0 aromatic rings. The van der Waals surface area contributed by atoms with Crippen LogP contribution < -0.4 is 0 Å². The lowest BCUT2D eigenvalue weighted by Gasteiger charge is -2.39. The van der Waals surface area contributed by atoms with Crippen LogP contribution in [0.2, 0.25) is 0 Å². The van der Waals surface area contributed by atoms with Crippen LogP contribution >= 0.6 is 0 Å². The monoisotopic (exact) mass is 192 g/mol. The molecule has 0 radical (unpaired) electrons. The van der Waals surface area contributed by atoms with Gasteiger partial charge < -0.3 is 0 Å². The minimum atomic E-state index is -0.611. The van der Waals surface area contributed by atoms with E-state index < -0.39 is 17.1 Å². The van der Waals surface area contributed by atoms with Crippen LogP contribution in [0.15, 0.2) is 12.2 Å². The SMILES string of the molecule is CC12CC=CCC1C(=O)C(=O)CC2=O. The molecule has 2 atom stereocenters. The van der Waals surface area contributed by atoms with E-state index in [1.165, 1.54) is 0 Å². The lowest BCUT2D eigenvalue weighted by molar-refractivity contribution is -0.152. The summed E-state index contributed by atoms with van der Waals surface area (Å²) < 4.78 is 0. The summed E-state index contributed by atoms with van der Waals surface area (Å²) >= 11 is 0. The first-order valence-electron chi connectivity index (χ1n) is 4.81. The average Bonchev–Trinajstić information content (AvgIpc) is 2.15. The summed E-state index contributed by atoms with van der Waals surface area (Å²) in [5, 5.41) is 0. The van der Waals surface area contributed by atoms with Crippen LogP contribution in [0.5, 0.6) is 0 Å². The maximum Gasteiger partial charge on any atom is 0.206 e. The van der Waals surface area contributed by atoms with Crippen LogP contribution in [0.1, 0.15) is 26.2 Å². The van der Waals surface area contributed by atoms with Crippen molar-refractivity contribution in [3.8, 4) is 0 Å². The summed E-state index contributed by atoms with van der Waals surface area (Å²) in [6.07, 6.45) is 4.75. The molecule has 2 aliphatic rings. The maximum absolute atomic E-state index is 11.7. The first-order valence-corrected chi connectivity index (χ1v) is 4.81. The molecular formula is C11H12O3. The highest BCUT2D eigenvalue weighted by Crippen LogP contribution is 2.43. The Morgan fingerprint density at radius 2 is 2.00 bits per heavy atom. The summed E-state index contributed by atoms with van der Waals surface area (Å²) in [4.78, 5) is 34.5. The van der Waals surface area contributed by atoms with Crippen molar-refractivity contribution in [2.75, 3.05) is 0 Å². The molecule has 1 fully saturated rings. The van der Waals surface area contributed by atoms with E-state index in [9.17, 15) is 14.4 Å². The second kappa shape index (κ2) is 2.87. The zero-order chi connectivity index (χ0) is 10.3. The molecule has 0 N–H and O–H groups in total. The summed E-state index contributed by atoms with van der Waals surface area (Å²) in [5.41, 5.74) is -0.611. The molecule has 0 aromatic heterocycles. The minimum Gasteiger partial charge on any atom is -0.299 e. The van der Waals surface area contributed by atoms with E-state index in [1.54, 1.807) is 6.92 Å². The van der Waals surface area contributed by atoms with E-state index in [2.05, 4.69) is 0 Å². The van der Waals surface area contributed by atoms with Gasteiger partial charge in [-0.25, -0.2) is 0 Å². The zero-order valence-corrected chi connectivity index (χ0v) is 8.08. The maximum atomic E-state index is 11.7. The van der Waals surface area contributed by atoms with Crippen LogP contribution in [-0.4, -0.2) is 17.3 Å². The van der Waals surface area contributed by atoms with Gasteiger partial charge in [-0.2, -0.15) is 0 Å². The molecule has 3 nitrogen and oxygen atoms in total. The summed E-state index contributed by atoms with van der Waals surface area (Å²) in [5.74, 6) is -1.33. The highest BCUT2D eigenvalue weighted by Gasteiger charge is 2.50. The van der Waals surface area contributed by atoms with Gasteiger partial charge in [0.2, 0.25) is 11.6 Å². The van der Waals surface area contributed by atoms with Crippen LogP contribution in [-0.2, 0) is 14.4 Å². The third-order valence-corrected chi connectivity index (χ3v) is 3.40. The van der Waals surface area contributed by atoms with E-state index in [-0.39, 0.29) is 18.0 Å². The Labute approximate surface area is 82.2 Å². The average molecular weight is 192 g/mol. The third-order valence-electron chi connectivity index (χ3n) is 3.40. The molecule has 1 saturated carbocycles. The van der Waals surface area contributed by atoms with Crippen molar-refractivity contribution >= 4 is 17.3 Å². The van der Waals surface area contributed by atoms with Gasteiger partial charge in [-0.05, 0) is 12.8 Å². The Bertz CT molecular complexity index is 354. The molecule has 0 saturated heterocycles. The molecule has 0 aliphatic heterocycles. The Balaban J connectivity index is 2.43. The van der Waals surface area contributed by atoms with Crippen LogP contribution in [0, 0.1) is 11.3 Å². The number of carbonyl (C=O) groups excluding carboxylic acids is 3. The molecule has 2 unspecified atom stereocenters. The summed E-state index contributed by atoms with van der Waals surface area (Å²) in [6, 6.07) is 0. The van der Waals surface area contributed by atoms with Crippen molar-refractivity contribution in [1.29, 1.82) is 0 Å². The molecule has 0 aromatic carbocycles. The minimum absolute atomic E-state index is 0.0727. The van der Waals surface area contributed by atoms with Gasteiger partial charge in [0.05, 0.1) is 6.42 Å². The molecule has 3 heteroatoms. The fraction of sp³-hybridized carbons (Fsp3) is 0.545. The topological polar surface area (TPSA) is 51.2 Å². The highest BCUT2D eigenvalue weighted by molar-refractivity contribution is 6.44. The third kappa shape index (κ3) is 1.08. The van der Waals surface area contributed by atoms with E-state index in [0.29, 0.717) is 12.8 Å². The van der Waals surface area contributed by atoms with Gasteiger partial charge >= 0.3 is 0 Å². The second-order valence-corrected chi connectivity index (χ2v) is 4.27. The second-order valence-electron chi connectivity index (χ2n) is 4.27. The highest BCUT2D eigenvalue weighted by atomic mass is 16.2. The van der Waals surface area contributed by atoms with Gasteiger partial charge in [-0.3, -0.25) is 14.4 Å². The molecule has 0 heterocycles. The molecule has 0 spiro atoms. The number of Topliss-reactive ketones (excluding diaryl/α,β-unsaturated/α-hetero) is 3. The largest absolute Gasteiger partial charge is 0.299 e. The first-order chi connectivity index (χ1) is 6.55. The number of hydrogen-bond acceptors (Lipinski definition) is 3. The summed E-state index contributed by atoms with van der Waals surface area (Å²) in [6.45, 7) is 1.80. The fourth-order valence-electron chi connectivity index (χ4n) is 2.30. The van der Waals surface area contributed by atoms with Gasteiger partial charge in [0.1, 0.15) is 5.78 Å². The molecule has 74 valence electrons. The number of allylic oxidation sites excluding steroid dienone is 2. The van der Waals surface area contributed by atoms with Crippen molar-refractivity contribution in [1.82, 2.24) is 0 Å². The molecule has 14 heavy (non-hydrogen) atoms. The smallest absolute Gasteiger partial charge is 0.206 e. The first kappa shape index (κ1) is 9.31. The number of carbonyl (C=O) groups is 3. The Hall–Kier alpha value is -1.25. The van der Waals surface area contributed by atoms with Gasteiger partial charge in [0.15, 0.2) is 0 Å². The number of rotatable bonds is 0. The fourth-order valence-corrected chi connectivity index (χ4v) is 2.30. The Morgan fingerprint density at radius 3 is 2.71 bits per heavy atom. The van der Waals surface area contributed by atoms with Crippen molar-refractivity contribution in [3.63, 3.8) is 0 Å². The Kier molecular flexibility index (Phi) is 1.91. The predicted octanol–water partition coefficient (Wildman–Crippen LogP) is 1.07. The van der Waals surface area contributed by atoms with E-state index in [4.69, 9.17) is 0 Å². The van der Waals surface area contributed by atoms with Crippen LogP contribution in [0.25, 0.3) is 0 Å². The van der Waals surface area contributed by atoms with Crippen molar-refractivity contribution in [3.05, 3.63) is 12.2 Å². The predicted molar refractivity (Wildman–Crippen MR) is 49.6 cm³/mol. The van der Waals surface area contributed by atoms with Crippen LogP contribution in [0.4, 0.5) is 0 Å². The lowest BCUT2D eigenvalue weighted by Crippen LogP contribution is -2.49. The van der Waals surface area contributed by atoms with Crippen molar-refractivity contribution in [2.45, 2.75) is 26.2 Å². The molecule has 0 bridgehead atoms. The van der Waals surface area contributed by atoms with E-state index in [1.807, 2.05) is 12.2 Å². The molecule has 2 aliphatic carbocycles. The Morgan fingerprint density at radius 1 is 1.29 bits per heavy atom. The summed E-state index contributed by atoms with van der Waals surface area (Å²) in [7, 11) is 0. The number of ketones is 3. The van der Waals surface area contributed by atoms with E-state index >= 15 is 0 Å². The molecular weight excluding hydrogens is 180 g/mol. The van der Waals surface area contributed by atoms with Crippen molar-refractivity contribution < 1.29 is 14.4 Å². The molecule has 2 rings (SSSR count). The van der Waals surface area contributed by atoms with E-state index in [0.717, 1.165) is 0 Å². The lowest BCUT2D eigenvalue weighted by atomic mass is 9.61. The van der Waals surface area contributed by atoms with Gasteiger partial charge in [0.25, 0.3) is 0 Å². The molecule has 0 amide bonds. The quantitative estimate of drug-likeness (QED) is 0.327.